The Morgan fingerprint density at radius 2 is 1.20 bits per heavy atom. The Morgan fingerprint density at radius 3 is 1.53 bits per heavy atom. The number of nitriles is 1. The average Bonchev–Trinajstić information content (AvgIpc) is 2.37. The molecule has 0 atom stereocenters. The number of hydrogen-bond acceptors (Lipinski definition) is 4. The minimum Gasteiger partial charge on any atom is -0.333 e. The van der Waals surface area contributed by atoms with Crippen molar-refractivity contribution >= 4 is 0 Å². The van der Waals surface area contributed by atoms with Crippen LogP contribution in [0.2, 0.25) is 0 Å². The molecule has 0 saturated carbocycles. The minimum atomic E-state index is 0.740. The summed E-state index contributed by atoms with van der Waals surface area (Å²) >= 11 is 0. The molecule has 0 amide bonds. The maximum absolute atomic E-state index is 8.17. The van der Waals surface area contributed by atoms with Crippen LogP contribution in [0.4, 0.5) is 0 Å². The van der Waals surface area contributed by atoms with Crippen molar-refractivity contribution in [1.82, 2.24) is 0 Å². The van der Waals surface area contributed by atoms with E-state index in [0.717, 1.165) is 12.8 Å². The quantitative estimate of drug-likeness (QED) is 0.610. The normalized spacial score (nSPS) is 6.53. The predicted molar refractivity (Wildman–Crippen MR) is 69.3 cm³/mol. The molecular weight excluding hydrogens is 188 g/mol. The molecular formula is C11H30N4. The first-order chi connectivity index (χ1) is 7.41. The maximum Gasteiger partial charge on any atom is 0.0621 e. The van der Waals surface area contributed by atoms with E-state index in [1.54, 1.807) is 0 Å². The van der Waals surface area contributed by atoms with Crippen molar-refractivity contribution < 1.29 is 0 Å². The van der Waals surface area contributed by atoms with E-state index in [4.69, 9.17) is 5.26 Å². The Balaban J connectivity index is -0.0000000860. The van der Waals surface area contributed by atoms with Crippen LogP contribution in [0.15, 0.2) is 0 Å². The topological polar surface area (TPSA) is 102 Å². The molecule has 4 nitrogen and oxygen atoms in total. The molecule has 6 N–H and O–H groups in total. The lowest BCUT2D eigenvalue weighted by Crippen LogP contribution is -1.75. The molecule has 94 valence electrons. The predicted octanol–water partition coefficient (Wildman–Crippen LogP) is 1.60. The van der Waals surface area contributed by atoms with Gasteiger partial charge in [0.25, 0.3) is 0 Å². The van der Waals surface area contributed by atoms with Gasteiger partial charge < -0.3 is 17.2 Å². The van der Waals surface area contributed by atoms with E-state index < -0.39 is 0 Å². The second-order valence-electron chi connectivity index (χ2n) is 2.32. The van der Waals surface area contributed by atoms with Crippen molar-refractivity contribution in [2.75, 3.05) is 21.1 Å². The molecule has 0 aliphatic rings. The first-order valence-corrected chi connectivity index (χ1v) is 5.52. The van der Waals surface area contributed by atoms with Crippen LogP contribution in [0.5, 0.6) is 0 Å². The van der Waals surface area contributed by atoms with Crippen molar-refractivity contribution in [3.63, 3.8) is 0 Å². The molecule has 0 unspecified atom stereocenters. The minimum absolute atomic E-state index is 0.740. The zero-order chi connectivity index (χ0) is 12.9. The third kappa shape index (κ3) is 59.9. The van der Waals surface area contributed by atoms with E-state index in [-0.39, 0.29) is 0 Å². The van der Waals surface area contributed by atoms with E-state index in [0.29, 0.717) is 0 Å². The van der Waals surface area contributed by atoms with Crippen LogP contribution in [-0.2, 0) is 0 Å². The van der Waals surface area contributed by atoms with Gasteiger partial charge in [-0.05, 0) is 27.6 Å². The molecule has 0 aromatic rings. The number of nitrogens with two attached hydrogens (primary N) is 3. The van der Waals surface area contributed by atoms with Crippen LogP contribution in [0.25, 0.3) is 0 Å². The highest BCUT2D eigenvalue weighted by Crippen LogP contribution is 2.03. The van der Waals surface area contributed by atoms with Crippen LogP contribution in [0.1, 0.15) is 45.4 Å². The highest BCUT2D eigenvalue weighted by Gasteiger charge is 1.85. The van der Waals surface area contributed by atoms with Crippen LogP contribution in [0, 0.1) is 11.3 Å². The highest BCUT2D eigenvalue weighted by molar-refractivity contribution is 4.67. The summed E-state index contributed by atoms with van der Waals surface area (Å²) in [6.45, 7) is 2.20. The maximum atomic E-state index is 8.17. The zero-order valence-electron chi connectivity index (χ0n) is 10.9. The molecule has 0 radical (unpaired) electrons. The summed E-state index contributed by atoms with van der Waals surface area (Å²) in [5.74, 6) is 0. The second kappa shape index (κ2) is 50.4. The summed E-state index contributed by atoms with van der Waals surface area (Å²) in [5, 5.41) is 8.17. The average molecular weight is 218 g/mol. The molecule has 0 rings (SSSR count). The number of hydrogen-bond donors (Lipinski definition) is 3. The fourth-order valence-corrected chi connectivity index (χ4v) is 0.808. The highest BCUT2D eigenvalue weighted by atomic mass is 14.4. The van der Waals surface area contributed by atoms with Crippen LogP contribution in [0.3, 0.4) is 0 Å². The lowest BCUT2D eigenvalue weighted by atomic mass is 10.1. The van der Waals surface area contributed by atoms with Gasteiger partial charge in [-0.25, -0.2) is 0 Å². The van der Waals surface area contributed by atoms with Gasteiger partial charge in [-0.15, -0.1) is 0 Å². The fraction of sp³-hybridized carbons (Fsp3) is 0.909. The monoisotopic (exact) mass is 218 g/mol. The summed E-state index contributed by atoms with van der Waals surface area (Å²) in [7, 11) is 4.50. The Labute approximate surface area is 95.8 Å². The third-order valence-electron chi connectivity index (χ3n) is 1.39. The van der Waals surface area contributed by atoms with Gasteiger partial charge in [-0.3, -0.25) is 0 Å². The summed E-state index contributed by atoms with van der Waals surface area (Å²) in [5.41, 5.74) is 13.5. The van der Waals surface area contributed by atoms with Gasteiger partial charge in [0.05, 0.1) is 6.07 Å². The molecule has 15 heavy (non-hydrogen) atoms. The van der Waals surface area contributed by atoms with Gasteiger partial charge >= 0.3 is 0 Å². The van der Waals surface area contributed by atoms with E-state index in [1.165, 1.54) is 46.8 Å². The third-order valence-corrected chi connectivity index (χ3v) is 1.39. The standard InChI is InChI=1S/C8H15N.3CH5N/c1-2-3-4-5-6-7-8-9;3*1-2/h2-7H2,1H3;3*2H2,1H3. The van der Waals surface area contributed by atoms with Crippen LogP contribution >= 0.6 is 0 Å². The number of rotatable bonds is 5. The van der Waals surface area contributed by atoms with Gasteiger partial charge in [0.2, 0.25) is 0 Å². The van der Waals surface area contributed by atoms with Gasteiger partial charge in [-0.1, -0.05) is 32.6 Å². The Hall–Kier alpha value is -0.630. The molecule has 0 fully saturated rings. The first kappa shape index (κ1) is 23.9. The van der Waals surface area contributed by atoms with E-state index in [1.807, 2.05) is 0 Å². The Kier molecular flexibility index (Phi) is 80.3. The largest absolute Gasteiger partial charge is 0.333 e. The van der Waals surface area contributed by atoms with Crippen LogP contribution < -0.4 is 17.2 Å². The summed E-state index contributed by atoms with van der Waals surface area (Å²) in [6, 6.07) is 2.14. The SMILES string of the molecule is CCCCCCCC#N.CN.CN.CN. The smallest absolute Gasteiger partial charge is 0.0621 e. The van der Waals surface area contributed by atoms with Crippen molar-refractivity contribution in [3.8, 4) is 6.07 Å². The molecule has 0 aromatic carbocycles. The Morgan fingerprint density at radius 1 is 0.800 bits per heavy atom. The Bertz CT molecular complexity index is 89.1. The second-order valence-corrected chi connectivity index (χ2v) is 2.32. The molecule has 0 saturated heterocycles. The fourth-order valence-electron chi connectivity index (χ4n) is 0.808. The molecule has 0 aromatic heterocycles. The number of unbranched alkanes of at least 4 members (excludes halogenated alkanes) is 5. The van der Waals surface area contributed by atoms with Gasteiger partial charge in [0.1, 0.15) is 0 Å². The lowest BCUT2D eigenvalue weighted by molar-refractivity contribution is 0.640. The molecule has 0 bridgehead atoms. The summed E-state index contributed by atoms with van der Waals surface area (Å²) in [4.78, 5) is 0. The summed E-state index contributed by atoms with van der Waals surface area (Å²) in [6.07, 6.45) is 6.98. The zero-order valence-corrected chi connectivity index (χ0v) is 10.9. The molecule has 0 aliphatic heterocycles. The van der Waals surface area contributed by atoms with E-state index in [9.17, 15) is 0 Å². The van der Waals surface area contributed by atoms with Gasteiger partial charge in [-0.2, -0.15) is 5.26 Å². The molecule has 0 spiro atoms. The summed E-state index contributed by atoms with van der Waals surface area (Å²) < 4.78 is 0. The molecule has 0 heterocycles. The lowest BCUT2D eigenvalue weighted by Gasteiger charge is -1.92. The van der Waals surface area contributed by atoms with E-state index >= 15 is 0 Å². The van der Waals surface area contributed by atoms with Crippen molar-refractivity contribution in [2.45, 2.75) is 45.4 Å². The van der Waals surface area contributed by atoms with Gasteiger partial charge in [0, 0.05) is 6.42 Å². The van der Waals surface area contributed by atoms with Crippen molar-refractivity contribution in [2.24, 2.45) is 17.2 Å². The molecule has 0 aliphatic carbocycles. The van der Waals surface area contributed by atoms with Crippen molar-refractivity contribution in [1.29, 1.82) is 5.26 Å². The van der Waals surface area contributed by atoms with Crippen molar-refractivity contribution in [3.05, 3.63) is 0 Å². The van der Waals surface area contributed by atoms with Gasteiger partial charge in [0.15, 0.2) is 0 Å². The van der Waals surface area contributed by atoms with Crippen LogP contribution in [-0.4, -0.2) is 21.1 Å². The number of nitrogens with zero attached hydrogens (tertiary/aromatic N) is 1. The molecule has 4 heteroatoms. The van der Waals surface area contributed by atoms with E-state index in [2.05, 4.69) is 30.2 Å². The first-order valence-electron chi connectivity index (χ1n) is 5.52.